The second-order valence-electron chi connectivity index (χ2n) is 6.38. The van der Waals surface area contributed by atoms with E-state index in [1.807, 2.05) is 48.5 Å². The Kier molecular flexibility index (Phi) is 6.42. The molecule has 0 bridgehead atoms. The maximum atomic E-state index is 12.1. The van der Waals surface area contributed by atoms with Crippen LogP contribution in [0.25, 0.3) is 0 Å². The molecule has 3 heteroatoms. The third-order valence-corrected chi connectivity index (χ3v) is 4.74. The lowest BCUT2D eigenvalue weighted by Gasteiger charge is -2.30. The second-order valence-corrected chi connectivity index (χ2v) is 6.38. The van der Waals surface area contributed by atoms with Crippen molar-refractivity contribution >= 4 is 5.91 Å². The van der Waals surface area contributed by atoms with Crippen LogP contribution in [0.4, 0.5) is 0 Å². The highest BCUT2D eigenvalue weighted by molar-refractivity contribution is 5.78. The van der Waals surface area contributed by atoms with E-state index in [2.05, 4.69) is 25.2 Å². The topological polar surface area (TPSA) is 38.3 Å². The van der Waals surface area contributed by atoms with E-state index in [4.69, 9.17) is 4.74 Å². The van der Waals surface area contributed by atoms with Crippen LogP contribution in [0.15, 0.2) is 54.6 Å². The molecule has 1 N–H and O–H groups in total. The van der Waals surface area contributed by atoms with E-state index in [0.717, 1.165) is 24.2 Å². The Labute approximate surface area is 145 Å². The van der Waals surface area contributed by atoms with Crippen molar-refractivity contribution in [3.63, 3.8) is 0 Å². The van der Waals surface area contributed by atoms with Gasteiger partial charge >= 0.3 is 0 Å². The highest BCUT2D eigenvalue weighted by Crippen LogP contribution is 2.36. The number of ether oxygens (including phenoxy) is 1. The maximum Gasteiger partial charge on any atom is 0.224 e. The minimum Gasteiger partial charge on any atom is -0.496 e. The lowest BCUT2D eigenvalue weighted by Crippen LogP contribution is -2.32. The molecule has 0 aliphatic rings. The predicted molar refractivity (Wildman–Crippen MR) is 98.4 cm³/mol. The van der Waals surface area contributed by atoms with Gasteiger partial charge in [0.05, 0.1) is 13.5 Å². The molecule has 1 atom stereocenters. The summed E-state index contributed by atoms with van der Waals surface area (Å²) in [6.07, 6.45) is 2.30. The molecule has 0 fully saturated rings. The van der Waals surface area contributed by atoms with Crippen molar-refractivity contribution in [1.29, 1.82) is 0 Å². The Morgan fingerprint density at radius 3 is 2.42 bits per heavy atom. The minimum atomic E-state index is -0.0212. The predicted octanol–water partition coefficient (Wildman–Crippen LogP) is 4.11. The lowest BCUT2D eigenvalue weighted by molar-refractivity contribution is -0.120. The number of benzene rings is 2. The zero-order valence-corrected chi connectivity index (χ0v) is 14.8. The van der Waals surface area contributed by atoms with E-state index < -0.39 is 0 Å². The first kappa shape index (κ1) is 18.1. The third kappa shape index (κ3) is 4.60. The summed E-state index contributed by atoms with van der Waals surface area (Å²) in [5, 5.41) is 3.05. The summed E-state index contributed by atoms with van der Waals surface area (Å²) in [7, 11) is 1.70. The monoisotopic (exact) mass is 325 g/mol. The fourth-order valence-electron chi connectivity index (χ4n) is 2.97. The first-order valence-electron chi connectivity index (χ1n) is 8.53. The van der Waals surface area contributed by atoms with E-state index in [0.29, 0.717) is 13.0 Å². The zero-order chi connectivity index (χ0) is 17.4. The fourth-order valence-corrected chi connectivity index (χ4v) is 2.97. The summed E-state index contributed by atoms with van der Waals surface area (Å²) < 4.78 is 5.51. The zero-order valence-electron chi connectivity index (χ0n) is 14.8. The number of carbonyl (C=O) groups is 1. The van der Waals surface area contributed by atoms with Gasteiger partial charge in [-0.1, -0.05) is 62.4 Å². The second kappa shape index (κ2) is 8.53. The Morgan fingerprint density at radius 2 is 1.75 bits per heavy atom. The van der Waals surface area contributed by atoms with Gasteiger partial charge in [0.25, 0.3) is 0 Å². The molecule has 2 rings (SSSR count). The molecule has 0 unspecified atom stereocenters. The van der Waals surface area contributed by atoms with Gasteiger partial charge in [0.2, 0.25) is 5.91 Å². The molecule has 0 aromatic heterocycles. The molecule has 0 aliphatic carbocycles. The van der Waals surface area contributed by atoms with Gasteiger partial charge in [0.15, 0.2) is 0 Å². The summed E-state index contributed by atoms with van der Waals surface area (Å²) in [5.41, 5.74) is 2.22. The Bertz CT molecular complexity index is 654. The Hall–Kier alpha value is -2.29. The molecule has 1 amide bonds. The average Bonchev–Trinajstić information content (AvgIpc) is 2.62. The van der Waals surface area contributed by atoms with Crippen LogP contribution >= 0.6 is 0 Å². The van der Waals surface area contributed by atoms with Crippen LogP contribution in [0.2, 0.25) is 0 Å². The fraction of sp³-hybridized carbons (Fsp3) is 0.381. The molecule has 2 aromatic carbocycles. The highest BCUT2D eigenvalue weighted by Gasteiger charge is 2.27. The van der Waals surface area contributed by atoms with Crippen molar-refractivity contribution in [2.24, 2.45) is 0 Å². The Morgan fingerprint density at radius 1 is 1.08 bits per heavy atom. The van der Waals surface area contributed by atoms with Crippen LogP contribution in [0.5, 0.6) is 5.75 Å². The molecule has 2 aromatic rings. The maximum absolute atomic E-state index is 12.1. The van der Waals surface area contributed by atoms with E-state index >= 15 is 0 Å². The SMILES string of the molecule is CC[C@](C)(CCNC(=O)Cc1ccccc1)c1ccccc1OC. The van der Waals surface area contributed by atoms with Gasteiger partial charge in [-0.25, -0.2) is 0 Å². The summed E-state index contributed by atoms with van der Waals surface area (Å²) in [6.45, 7) is 5.07. The standard InChI is InChI=1S/C21H27NO2/c1-4-21(2,18-12-8-9-13-19(18)24-3)14-15-22-20(23)16-17-10-6-5-7-11-17/h5-13H,4,14-16H2,1-3H3,(H,22,23)/t21-/m1/s1. The van der Waals surface area contributed by atoms with Gasteiger partial charge in [0, 0.05) is 12.1 Å². The van der Waals surface area contributed by atoms with Crippen molar-refractivity contribution in [2.75, 3.05) is 13.7 Å². The molecule has 0 radical (unpaired) electrons. The molecular weight excluding hydrogens is 298 g/mol. The Balaban J connectivity index is 1.94. The molecule has 0 spiro atoms. The molecule has 0 saturated carbocycles. The van der Waals surface area contributed by atoms with E-state index in [9.17, 15) is 4.79 Å². The van der Waals surface area contributed by atoms with E-state index in [1.54, 1.807) is 7.11 Å². The van der Waals surface area contributed by atoms with Gasteiger partial charge < -0.3 is 10.1 Å². The van der Waals surface area contributed by atoms with Crippen molar-refractivity contribution in [2.45, 2.75) is 38.5 Å². The van der Waals surface area contributed by atoms with Gasteiger partial charge in [-0.3, -0.25) is 4.79 Å². The third-order valence-electron chi connectivity index (χ3n) is 4.74. The van der Waals surface area contributed by atoms with Crippen molar-refractivity contribution in [3.8, 4) is 5.75 Å². The van der Waals surface area contributed by atoms with Crippen LogP contribution in [0.3, 0.4) is 0 Å². The van der Waals surface area contributed by atoms with Crippen LogP contribution < -0.4 is 10.1 Å². The highest BCUT2D eigenvalue weighted by atomic mass is 16.5. The number of methoxy groups -OCH3 is 1. The number of nitrogens with one attached hydrogen (secondary N) is 1. The molecule has 128 valence electrons. The molecule has 24 heavy (non-hydrogen) atoms. The van der Waals surface area contributed by atoms with Gasteiger partial charge in [-0.15, -0.1) is 0 Å². The summed E-state index contributed by atoms with van der Waals surface area (Å²) in [6, 6.07) is 18.0. The summed E-state index contributed by atoms with van der Waals surface area (Å²) >= 11 is 0. The van der Waals surface area contributed by atoms with Crippen LogP contribution in [0.1, 0.15) is 37.8 Å². The molecule has 0 aliphatic heterocycles. The normalized spacial score (nSPS) is 13.1. The number of amides is 1. The first-order chi connectivity index (χ1) is 11.6. The number of carbonyl (C=O) groups excluding carboxylic acids is 1. The van der Waals surface area contributed by atoms with Crippen molar-refractivity contribution in [1.82, 2.24) is 5.32 Å². The largest absolute Gasteiger partial charge is 0.496 e. The van der Waals surface area contributed by atoms with Crippen LogP contribution in [-0.4, -0.2) is 19.6 Å². The quantitative estimate of drug-likeness (QED) is 0.793. The number of para-hydroxylation sites is 1. The average molecular weight is 325 g/mol. The molecule has 0 saturated heterocycles. The van der Waals surface area contributed by atoms with E-state index in [1.165, 1.54) is 5.56 Å². The van der Waals surface area contributed by atoms with Crippen molar-refractivity contribution in [3.05, 3.63) is 65.7 Å². The first-order valence-corrected chi connectivity index (χ1v) is 8.53. The lowest BCUT2D eigenvalue weighted by atomic mass is 9.77. The molecular formula is C21H27NO2. The van der Waals surface area contributed by atoms with Gasteiger partial charge in [0.1, 0.15) is 5.75 Å². The number of hydrogen-bond donors (Lipinski definition) is 1. The molecule has 0 heterocycles. The summed E-state index contributed by atoms with van der Waals surface area (Å²) in [4.78, 5) is 12.1. The summed E-state index contributed by atoms with van der Waals surface area (Å²) in [5.74, 6) is 0.983. The smallest absolute Gasteiger partial charge is 0.224 e. The van der Waals surface area contributed by atoms with Crippen LogP contribution in [0, 0.1) is 0 Å². The number of hydrogen-bond acceptors (Lipinski definition) is 2. The minimum absolute atomic E-state index is 0.0212. The van der Waals surface area contributed by atoms with Crippen molar-refractivity contribution < 1.29 is 9.53 Å². The van der Waals surface area contributed by atoms with Gasteiger partial charge in [-0.05, 0) is 29.9 Å². The molecule has 3 nitrogen and oxygen atoms in total. The number of rotatable bonds is 8. The van der Waals surface area contributed by atoms with Gasteiger partial charge in [-0.2, -0.15) is 0 Å². The van der Waals surface area contributed by atoms with E-state index in [-0.39, 0.29) is 11.3 Å². The van der Waals surface area contributed by atoms with Crippen LogP contribution in [-0.2, 0) is 16.6 Å².